The maximum absolute atomic E-state index is 11.3. The maximum Gasteiger partial charge on any atom is 0.135 e. The van der Waals surface area contributed by atoms with Crippen molar-refractivity contribution in [3.05, 3.63) is 0 Å². The topological polar surface area (TPSA) is 37.3 Å². The van der Waals surface area contributed by atoms with Crippen LogP contribution in [0.5, 0.6) is 0 Å². The van der Waals surface area contributed by atoms with Crippen LogP contribution in [0, 0.1) is 5.92 Å². The van der Waals surface area contributed by atoms with Gasteiger partial charge in [-0.05, 0) is 12.3 Å². The molecule has 0 aliphatic rings. The summed E-state index contributed by atoms with van der Waals surface area (Å²) >= 11 is 0. The average Bonchev–Trinajstić information content (AvgIpc) is 1.98. The molecule has 0 unspecified atom stereocenters. The lowest BCUT2D eigenvalue weighted by Crippen LogP contribution is -2.14. The van der Waals surface area contributed by atoms with E-state index in [0.717, 1.165) is 19.3 Å². The molecule has 0 radical (unpaired) electrons. The number of carbonyl (C=O) groups excluding carboxylic acids is 1. The van der Waals surface area contributed by atoms with Gasteiger partial charge in [0.2, 0.25) is 0 Å². The van der Waals surface area contributed by atoms with E-state index in [-0.39, 0.29) is 5.78 Å². The second kappa shape index (κ2) is 7.07. The van der Waals surface area contributed by atoms with Gasteiger partial charge in [-0.25, -0.2) is 0 Å². The molecule has 0 saturated heterocycles. The first kappa shape index (κ1) is 12.6. The predicted molar refractivity (Wildman–Crippen MR) is 54.6 cm³/mol. The number of aliphatic hydroxyl groups is 1. The SMILES string of the molecule is CCCC[C@@H](O)CC(=O)CC(C)C. The molecule has 0 aliphatic heterocycles. The fourth-order valence-corrected chi connectivity index (χ4v) is 1.34. The van der Waals surface area contributed by atoms with Crippen LogP contribution in [0.3, 0.4) is 0 Å². The molecule has 0 aromatic carbocycles. The van der Waals surface area contributed by atoms with E-state index >= 15 is 0 Å². The second-order valence-electron chi connectivity index (χ2n) is 4.14. The lowest BCUT2D eigenvalue weighted by atomic mass is 10.0. The first-order chi connectivity index (χ1) is 6.06. The van der Waals surface area contributed by atoms with Crippen molar-refractivity contribution in [3.8, 4) is 0 Å². The Bertz CT molecular complexity index is 141. The summed E-state index contributed by atoms with van der Waals surface area (Å²) in [6.07, 6.45) is 3.39. The second-order valence-corrected chi connectivity index (χ2v) is 4.14. The van der Waals surface area contributed by atoms with Crippen molar-refractivity contribution in [3.63, 3.8) is 0 Å². The molecule has 2 heteroatoms. The fraction of sp³-hybridized carbons (Fsp3) is 0.909. The molecule has 1 atom stereocenters. The van der Waals surface area contributed by atoms with E-state index in [4.69, 9.17) is 0 Å². The summed E-state index contributed by atoms with van der Waals surface area (Å²) in [5, 5.41) is 9.44. The molecule has 13 heavy (non-hydrogen) atoms. The van der Waals surface area contributed by atoms with Gasteiger partial charge in [-0.15, -0.1) is 0 Å². The third kappa shape index (κ3) is 7.97. The standard InChI is InChI=1S/C11H22O2/c1-4-5-6-10(12)8-11(13)7-9(2)3/h9-10,12H,4-8H2,1-3H3/t10-/m1/s1. The molecule has 2 nitrogen and oxygen atoms in total. The highest BCUT2D eigenvalue weighted by atomic mass is 16.3. The summed E-state index contributed by atoms with van der Waals surface area (Å²) in [7, 11) is 0. The molecular weight excluding hydrogens is 164 g/mol. The Morgan fingerprint density at radius 1 is 1.31 bits per heavy atom. The van der Waals surface area contributed by atoms with E-state index in [9.17, 15) is 9.90 Å². The summed E-state index contributed by atoms with van der Waals surface area (Å²) in [5.41, 5.74) is 0. The Hall–Kier alpha value is -0.370. The van der Waals surface area contributed by atoms with E-state index in [0.29, 0.717) is 18.8 Å². The van der Waals surface area contributed by atoms with Crippen LogP contribution in [0.15, 0.2) is 0 Å². The molecule has 78 valence electrons. The zero-order valence-electron chi connectivity index (χ0n) is 9.05. The van der Waals surface area contributed by atoms with E-state index in [1.54, 1.807) is 0 Å². The number of carbonyl (C=O) groups is 1. The Labute approximate surface area is 81.3 Å². The van der Waals surface area contributed by atoms with Crippen LogP contribution in [-0.4, -0.2) is 17.0 Å². The average molecular weight is 186 g/mol. The van der Waals surface area contributed by atoms with Crippen LogP contribution in [0.25, 0.3) is 0 Å². The van der Waals surface area contributed by atoms with Crippen LogP contribution in [0.4, 0.5) is 0 Å². The predicted octanol–water partition coefficient (Wildman–Crippen LogP) is 2.54. The molecule has 0 amide bonds. The first-order valence-electron chi connectivity index (χ1n) is 5.26. The van der Waals surface area contributed by atoms with Gasteiger partial charge in [-0.2, -0.15) is 0 Å². The summed E-state index contributed by atoms with van der Waals surface area (Å²) < 4.78 is 0. The monoisotopic (exact) mass is 186 g/mol. The number of rotatable bonds is 7. The minimum absolute atomic E-state index is 0.193. The maximum atomic E-state index is 11.3. The van der Waals surface area contributed by atoms with Gasteiger partial charge in [0, 0.05) is 12.8 Å². The van der Waals surface area contributed by atoms with Crippen molar-refractivity contribution in [2.24, 2.45) is 5.92 Å². The number of ketones is 1. The van der Waals surface area contributed by atoms with Crippen molar-refractivity contribution in [1.82, 2.24) is 0 Å². The van der Waals surface area contributed by atoms with E-state index in [1.807, 2.05) is 13.8 Å². The van der Waals surface area contributed by atoms with Crippen molar-refractivity contribution in [1.29, 1.82) is 0 Å². The van der Waals surface area contributed by atoms with E-state index in [1.165, 1.54) is 0 Å². The molecular formula is C11H22O2. The Kier molecular flexibility index (Phi) is 6.87. The third-order valence-corrected chi connectivity index (χ3v) is 1.99. The van der Waals surface area contributed by atoms with Crippen molar-refractivity contribution in [2.75, 3.05) is 0 Å². The van der Waals surface area contributed by atoms with Gasteiger partial charge in [-0.3, -0.25) is 4.79 Å². The summed E-state index contributed by atoms with van der Waals surface area (Å²) in [5.74, 6) is 0.601. The third-order valence-electron chi connectivity index (χ3n) is 1.99. The Morgan fingerprint density at radius 3 is 2.38 bits per heavy atom. The van der Waals surface area contributed by atoms with Gasteiger partial charge >= 0.3 is 0 Å². The van der Waals surface area contributed by atoms with Crippen LogP contribution in [0.1, 0.15) is 52.9 Å². The quantitative estimate of drug-likeness (QED) is 0.663. The number of Topliss-reactive ketones (excluding diaryl/α,β-unsaturated/α-hetero) is 1. The highest BCUT2D eigenvalue weighted by Gasteiger charge is 2.11. The molecule has 0 aliphatic carbocycles. The fourth-order valence-electron chi connectivity index (χ4n) is 1.34. The van der Waals surface area contributed by atoms with Gasteiger partial charge in [0.1, 0.15) is 5.78 Å². The molecule has 0 saturated carbocycles. The van der Waals surface area contributed by atoms with Gasteiger partial charge in [-0.1, -0.05) is 33.6 Å². The lowest BCUT2D eigenvalue weighted by molar-refractivity contribution is -0.121. The lowest BCUT2D eigenvalue weighted by Gasteiger charge is -2.09. The van der Waals surface area contributed by atoms with Gasteiger partial charge < -0.3 is 5.11 Å². The summed E-state index contributed by atoms with van der Waals surface area (Å²) in [6.45, 7) is 6.13. The van der Waals surface area contributed by atoms with Gasteiger partial charge in [0.25, 0.3) is 0 Å². The van der Waals surface area contributed by atoms with Crippen molar-refractivity contribution < 1.29 is 9.90 Å². The minimum Gasteiger partial charge on any atom is -0.393 e. The zero-order valence-corrected chi connectivity index (χ0v) is 9.05. The number of unbranched alkanes of at least 4 members (excludes halogenated alkanes) is 1. The van der Waals surface area contributed by atoms with Crippen LogP contribution < -0.4 is 0 Å². The van der Waals surface area contributed by atoms with Crippen LogP contribution in [0.2, 0.25) is 0 Å². The van der Waals surface area contributed by atoms with Crippen LogP contribution >= 0.6 is 0 Å². The molecule has 0 aromatic heterocycles. The van der Waals surface area contributed by atoms with Gasteiger partial charge in [0.15, 0.2) is 0 Å². The largest absolute Gasteiger partial charge is 0.393 e. The zero-order chi connectivity index (χ0) is 10.3. The number of hydrogen-bond donors (Lipinski definition) is 1. The molecule has 1 N–H and O–H groups in total. The number of aliphatic hydroxyl groups excluding tert-OH is 1. The summed E-state index contributed by atoms with van der Waals surface area (Å²) in [4.78, 5) is 11.3. The minimum atomic E-state index is -0.411. The Balaban J connectivity index is 3.53. The molecule has 0 fully saturated rings. The normalized spacial score (nSPS) is 13.3. The highest BCUT2D eigenvalue weighted by molar-refractivity contribution is 5.78. The highest BCUT2D eigenvalue weighted by Crippen LogP contribution is 2.09. The van der Waals surface area contributed by atoms with E-state index < -0.39 is 6.10 Å². The molecule has 0 bridgehead atoms. The molecule has 0 aromatic rings. The molecule has 0 rings (SSSR count). The van der Waals surface area contributed by atoms with E-state index in [2.05, 4.69) is 6.92 Å². The smallest absolute Gasteiger partial charge is 0.135 e. The first-order valence-corrected chi connectivity index (χ1v) is 5.26. The van der Waals surface area contributed by atoms with Crippen LogP contribution in [-0.2, 0) is 4.79 Å². The summed E-state index contributed by atoms with van der Waals surface area (Å²) in [6, 6.07) is 0. The van der Waals surface area contributed by atoms with Crippen molar-refractivity contribution in [2.45, 2.75) is 59.0 Å². The van der Waals surface area contributed by atoms with Gasteiger partial charge in [0.05, 0.1) is 6.10 Å². The van der Waals surface area contributed by atoms with Crippen molar-refractivity contribution >= 4 is 5.78 Å². The molecule has 0 heterocycles. The Morgan fingerprint density at radius 2 is 1.92 bits per heavy atom. The molecule has 0 spiro atoms. The number of hydrogen-bond acceptors (Lipinski definition) is 2.